The van der Waals surface area contributed by atoms with E-state index in [-0.39, 0.29) is 5.91 Å². The van der Waals surface area contributed by atoms with Crippen molar-refractivity contribution in [1.29, 1.82) is 0 Å². The number of carbonyl (C=O) groups excluding carboxylic acids is 1. The van der Waals surface area contributed by atoms with E-state index in [9.17, 15) is 4.79 Å². The fourth-order valence-electron chi connectivity index (χ4n) is 0.786. The zero-order valence-electron chi connectivity index (χ0n) is 7.16. The second-order valence-corrected chi connectivity index (χ2v) is 2.50. The molecule has 1 heterocycles. The number of nitrogens with zero attached hydrogens (tertiary/aromatic N) is 3. The van der Waals surface area contributed by atoms with Crippen LogP contribution in [0.25, 0.3) is 0 Å². The molecule has 0 fully saturated rings. The van der Waals surface area contributed by atoms with Crippen molar-refractivity contribution in [3.05, 3.63) is 5.82 Å². The summed E-state index contributed by atoms with van der Waals surface area (Å²) in [5, 5.41) is 15.7. The van der Waals surface area contributed by atoms with Crippen LogP contribution in [0.1, 0.15) is 18.7 Å². The normalized spacial score (nSPS) is 9.92. The van der Waals surface area contributed by atoms with Gasteiger partial charge in [0.1, 0.15) is 0 Å². The van der Waals surface area contributed by atoms with E-state index in [2.05, 4.69) is 25.9 Å². The molecular weight excluding hydrogens is 172 g/mol. The molecule has 7 nitrogen and oxygen atoms in total. The quantitative estimate of drug-likeness (QED) is 0.519. The van der Waals surface area contributed by atoms with Crippen LogP contribution in [0.4, 0.5) is 0 Å². The highest BCUT2D eigenvalue weighted by molar-refractivity contribution is 5.75. The molecule has 13 heavy (non-hydrogen) atoms. The molecule has 0 aliphatic rings. The maximum Gasteiger partial charge on any atom is 0.220 e. The van der Waals surface area contributed by atoms with E-state index in [1.165, 1.54) is 0 Å². The molecule has 0 aliphatic heterocycles. The summed E-state index contributed by atoms with van der Waals surface area (Å²) in [6.45, 7) is 0.829. The summed E-state index contributed by atoms with van der Waals surface area (Å²) in [6.07, 6.45) is 1.13. The van der Waals surface area contributed by atoms with E-state index >= 15 is 0 Å². The van der Waals surface area contributed by atoms with E-state index in [1.807, 2.05) is 0 Å². The molecule has 4 N–H and O–H groups in total. The van der Waals surface area contributed by atoms with Gasteiger partial charge in [0, 0.05) is 6.42 Å². The van der Waals surface area contributed by atoms with Crippen LogP contribution in [0.3, 0.4) is 0 Å². The number of nitrogens with two attached hydrogens (primary N) is 1. The van der Waals surface area contributed by atoms with Crippen molar-refractivity contribution in [1.82, 2.24) is 25.9 Å². The smallest absolute Gasteiger partial charge is 0.220 e. The van der Waals surface area contributed by atoms with Gasteiger partial charge in [-0.1, -0.05) is 5.21 Å². The first-order valence-electron chi connectivity index (χ1n) is 4.02. The van der Waals surface area contributed by atoms with Crippen molar-refractivity contribution in [2.24, 2.45) is 5.73 Å². The minimum absolute atomic E-state index is 0.0461. The fourth-order valence-corrected chi connectivity index (χ4v) is 0.786. The number of amides is 1. The Morgan fingerprint density at radius 2 is 2.46 bits per heavy atom. The van der Waals surface area contributed by atoms with Gasteiger partial charge < -0.3 is 11.1 Å². The van der Waals surface area contributed by atoms with Gasteiger partial charge in [-0.3, -0.25) is 4.79 Å². The number of hydrogen-bond donors (Lipinski definition) is 3. The number of aromatic nitrogens is 4. The Bertz CT molecular complexity index is 246. The summed E-state index contributed by atoms with van der Waals surface area (Å²) >= 11 is 0. The van der Waals surface area contributed by atoms with Crippen LogP contribution < -0.4 is 11.1 Å². The zero-order valence-corrected chi connectivity index (χ0v) is 7.16. The molecule has 0 spiro atoms. The molecule has 0 unspecified atom stereocenters. The molecule has 1 rings (SSSR count). The monoisotopic (exact) mass is 184 g/mol. The first-order chi connectivity index (χ1) is 6.33. The van der Waals surface area contributed by atoms with Crippen molar-refractivity contribution in [3.8, 4) is 0 Å². The van der Waals surface area contributed by atoms with Crippen LogP contribution in [0, 0.1) is 0 Å². The first kappa shape index (κ1) is 9.59. The van der Waals surface area contributed by atoms with E-state index in [0.717, 1.165) is 0 Å². The van der Waals surface area contributed by atoms with Crippen LogP contribution in [0.15, 0.2) is 0 Å². The number of rotatable bonds is 5. The molecule has 1 amide bonds. The lowest BCUT2D eigenvalue weighted by Gasteiger charge is -1.99. The molecule has 0 saturated heterocycles. The molecule has 0 aromatic carbocycles. The van der Waals surface area contributed by atoms with Crippen molar-refractivity contribution in [2.75, 3.05) is 6.54 Å². The fraction of sp³-hybridized carbons (Fsp3) is 0.667. The zero-order chi connectivity index (χ0) is 9.52. The lowest BCUT2D eigenvalue weighted by atomic mass is 10.3. The Morgan fingerprint density at radius 1 is 1.62 bits per heavy atom. The maximum atomic E-state index is 11.0. The van der Waals surface area contributed by atoms with Crippen LogP contribution in [0.5, 0.6) is 0 Å². The van der Waals surface area contributed by atoms with E-state index in [0.29, 0.717) is 31.8 Å². The van der Waals surface area contributed by atoms with Gasteiger partial charge in [-0.25, -0.2) is 0 Å². The minimum Gasteiger partial charge on any atom is -0.349 e. The Balaban J connectivity index is 2.15. The second-order valence-electron chi connectivity index (χ2n) is 2.50. The number of hydrogen-bond acceptors (Lipinski definition) is 5. The second kappa shape index (κ2) is 5.20. The maximum absolute atomic E-state index is 11.0. The summed E-state index contributed by atoms with van der Waals surface area (Å²) in [6, 6.07) is 0. The predicted molar refractivity (Wildman–Crippen MR) is 44.3 cm³/mol. The van der Waals surface area contributed by atoms with Gasteiger partial charge in [0.15, 0.2) is 5.82 Å². The molecule has 7 heteroatoms. The molecule has 1 aromatic rings. The van der Waals surface area contributed by atoms with Gasteiger partial charge >= 0.3 is 0 Å². The number of H-pyrrole nitrogens is 1. The highest BCUT2D eigenvalue weighted by Crippen LogP contribution is 1.87. The average molecular weight is 184 g/mol. The molecule has 1 aromatic heterocycles. The summed E-state index contributed by atoms with van der Waals surface area (Å²) in [7, 11) is 0. The summed E-state index contributed by atoms with van der Waals surface area (Å²) in [4.78, 5) is 11.0. The van der Waals surface area contributed by atoms with Crippen molar-refractivity contribution in [3.63, 3.8) is 0 Å². The summed E-state index contributed by atoms with van der Waals surface area (Å²) in [5.74, 6) is 0.427. The number of nitrogens with one attached hydrogen (secondary N) is 2. The largest absolute Gasteiger partial charge is 0.349 e. The van der Waals surface area contributed by atoms with Crippen molar-refractivity contribution in [2.45, 2.75) is 19.4 Å². The molecule has 0 radical (unpaired) electrons. The lowest BCUT2D eigenvalue weighted by Crippen LogP contribution is -2.23. The minimum atomic E-state index is -0.0461. The molecule has 0 aliphatic carbocycles. The van der Waals surface area contributed by atoms with Crippen LogP contribution in [0.2, 0.25) is 0 Å². The molecular formula is C6H12N6O. The van der Waals surface area contributed by atoms with Crippen LogP contribution in [-0.2, 0) is 11.3 Å². The third-order valence-corrected chi connectivity index (χ3v) is 1.44. The SMILES string of the molecule is NCCCC(=O)NCc1nn[nH]n1. The molecule has 72 valence electrons. The van der Waals surface area contributed by atoms with Crippen LogP contribution in [-0.4, -0.2) is 33.1 Å². The Hall–Kier alpha value is -1.50. The van der Waals surface area contributed by atoms with Crippen molar-refractivity contribution < 1.29 is 4.79 Å². The summed E-state index contributed by atoms with van der Waals surface area (Å²) in [5.41, 5.74) is 5.25. The standard InChI is InChI=1S/C6H12N6O/c7-3-1-2-6(13)8-4-5-9-11-12-10-5/h1-4,7H2,(H,8,13)(H,9,10,11,12). The van der Waals surface area contributed by atoms with Crippen molar-refractivity contribution >= 4 is 5.91 Å². The highest BCUT2D eigenvalue weighted by Gasteiger charge is 2.02. The Morgan fingerprint density at radius 3 is 3.08 bits per heavy atom. The van der Waals surface area contributed by atoms with Gasteiger partial charge in [-0.05, 0) is 13.0 Å². The van der Waals surface area contributed by atoms with Gasteiger partial charge in [0.25, 0.3) is 0 Å². The molecule has 0 saturated carbocycles. The topological polar surface area (TPSA) is 110 Å². The van der Waals surface area contributed by atoms with E-state index < -0.39 is 0 Å². The average Bonchev–Trinajstić information content (AvgIpc) is 2.64. The number of tetrazole rings is 1. The van der Waals surface area contributed by atoms with Gasteiger partial charge in [-0.2, -0.15) is 5.21 Å². The third kappa shape index (κ3) is 3.61. The van der Waals surface area contributed by atoms with Gasteiger partial charge in [-0.15, -0.1) is 10.2 Å². The number of aromatic amines is 1. The van der Waals surface area contributed by atoms with E-state index in [4.69, 9.17) is 5.73 Å². The lowest BCUT2D eigenvalue weighted by molar-refractivity contribution is -0.121. The van der Waals surface area contributed by atoms with Crippen LogP contribution >= 0.6 is 0 Å². The van der Waals surface area contributed by atoms with E-state index in [1.54, 1.807) is 0 Å². The predicted octanol–water partition coefficient (Wildman–Crippen LogP) is -1.45. The highest BCUT2D eigenvalue weighted by atomic mass is 16.1. The van der Waals surface area contributed by atoms with Gasteiger partial charge in [0.2, 0.25) is 5.91 Å². The Labute approximate surface area is 75.1 Å². The Kier molecular flexibility index (Phi) is 3.83. The first-order valence-corrected chi connectivity index (χ1v) is 4.02. The molecule has 0 bridgehead atoms. The van der Waals surface area contributed by atoms with Gasteiger partial charge in [0.05, 0.1) is 6.54 Å². The third-order valence-electron chi connectivity index (χ3n) is 1.44. The molecule has 0 atom stereocenters. The number of carbonyl (C=O) groups is 1. The summed E-state index contributed by atoms with van der Waals surface area (Å²) < 4.78 is 0.